The summed E-state index contributed by atoms with van der Waals surface area (Å²) in [6, 6.07) is 23.7. The Morgan fingerprint density at radius 3 is 2.56 bits per heavy atom. The number of methoxy groups -OCH3 is 1. The molecule has 0 saturated carbocycles. The number of hydrogen-bond donors (Lipinski definition) is 1. The Kier molecular flexibility index (Phi) is 7.24. The second kappa shape index (κ2) is 10.5. The molecule has 32 heavy (non-hydrogen) atoms. The van der Waals surface area contributed by atoms with Gasteiger partial charge in [-0.1, -0.05) is 36.4 Å². The first-order chi connectivity index (χ1) is 15.5. The van der Waals surface area contributed by atoms with Crippen LogP contribution in [-0.2, 0) is 11.4 Å². The topological polar surface area (TPSA) is 95.1 Å². The van der Waals surface area contributed by atoms with Gasteiger partial charge in [0.1, 0.15) is 18.2 Å². The molecule has 0 aliphatic heterocycles. The number of amides is 1. The minimum atomic E-state index is -0.495. The predicted molar refractivity (Wildman–Crippen MR) is 122 cm³/mol. The Balaban J connectivity index is 1.77. The number of hydrogen-bond acceptors (Lipinski definition) is 5. The third-order valence-corrected chi connectivity index (χ3v) is 4.66. The molecule has 0 bridgehead atoms. The van der Waals surface area contributed by atoms with E-state index in [2.05, 4.69) is 11.4 Å². The minimum absolute atomic E-state index is 0.0369. The molecule has 3 aromatic carbocycles. The molecule has 0 unspecified atom stereocenters. The molecule has 1 N–H and O–H groups in total. The number of nitriles is 2. The lowest BCUT2D eigenvalue weighted by molar-refractivity contribution is -0.112. The molecule has 0 spiro atoms. The number of nitrogens with one attached hydrogen (secondary N) is 1. The molecular formula is C26H21N3O3. The van der Waals surface area contributed by atoms with Crippen LogP contribution in [0.4, 0.5) is 5.69 Å². The van der Waals surface area contributed by atoms with E-state index < -0.39 is 5.91 Å². The molecule has 0 heterocycles. The highest BCUT2D eigenvalue weighted by Crippen LogP contribution is 2.30. The van der Waals surface area contributed by atoms with E-state index in [9.17, 15) is 15.3 Å². The van der Waals surface area contributed by atoms with Crippen LogP contribution in [0.2, 0.25) is 0 Å². The summed E-state index contributed by atoms with van der Waals surface area (Å²) >= 11 is 0. The van der Waals surface area contributed by atoms with Gasteiger partial charge in [0.15, 0.2) is 11.5 Å². The van der Waals surface area contributed by atoms with E-state index in [0.29, 0.717) is 28.3 Å². The van der Waals surface area contributed by atoms with Crippen LogP contribution < -0.4 is 14.8 Å². The lowest BCUT2D eigenvalue weighted by atomic mass is 10.1. The summed E-state index contributed by atoms with van der Waals surface area (Å²) < 4.78 is 11.3. The molecular weight excluding hydrogens is 402 g/mol. The largest absolute Gasteiger partial charge is 0.493 e. The molecule has 0 radical (unpaired) electrons. The lowest BCUT2D eigenvalue weighted by Gasteiger charge is -2.12. The molecule has 0 saturated heterocycles. The predicted octanol–water partition coefficient (Wildman–Crippen LogP) is 5.00. The summed E-state index contributed by atoms with van der Waals surface area (Å²) in [6.07, 6.45) is 1.49. The maximum Gasteiger partial charge on any atom is 0.266 e. The molecule has 6 nitrogen and oxygen atoms in total. The first-order valence-corrected chi connectivity index (χ1v) is 9.82. The highest BCUT2D eigenvalue weighted by atomic mass is 16.5. The number of aryl methyl sites for hydroxylation is 1. The van der Waals surface area contributed by atoms with Gasteiger partial charge in [-0.25, -0.2) is 0 Å². The number of nitrogens with zero attached hydrogens (tertiary/aromatic N) is 2. The van der Waals surface area contributed by atoms with Crippen molar-refractivity contribution in [1.82, 2.24) is 0 Å². The Morgan fingerprint density at radius 2 is 1.84 bits per heavy atom. The Hall–Kier alpha value is -4.55. The van der Waals surface area contributed by atoms with Crippen molar-refractivity contribution >= 4 is 17.7 Å². The zero-order valence-electron chi connectivity index (χ0n) is 17.8. The van der Waals surface area contributed by atoms with Crippen LogP contribution in [0, 0.1) is 29.6 Å². The molecule has 3 aromatic rings. The van der Waals surface area contributed by atoms with E-state index in [0.717, 1.165) is 11.1 Å². The van der Waals surface area contributed by atoms with Crippen LogP contribution in [0.3, 0.4) is 0 Å². The fraction of sp³-hybridized carbons (Fsp3) is 0.115. The molecule has 0 aromatic heterocycles. The maximum atomic E-state index is 12.5. The molecule has 0 aliphatic rings. The van der Waals surface area contributed by atoms with Gasteiger partial charge in [-0.15, -0.1) is 0 Å². The third kappa shape index (κ3) is 5.53. The normalized spacial score (nSPS) is 10.6. The van der Waals surface area contributed by atoms with Gasteiger partial charge in [-0.05, 0) is 54.5 Å². The van der Waals surface area contributed by atoms with Gasteiger partial charge < -0.3 is 14.8 Å². The van der Waals surface area contributed by atoms with E-state index in [1.165, 1.54) is 13.2 Å². The standard InChI is InChI=1S/C26H21N3O3/c1-18-6-5-9-23(12-18)29-26(30)22(16-28)13-19-10-11-24(25(14-19)31-2)32-17-21-8-4-3-7-20(21)15-27/h3-14H,17H2,1-2H3,(H,29,30)/b22-13-. The van der Waals surface area contributed by atoms with Gasteiger partial charge in [0, 0.05) is 11.3 Å². The Bertz CT molecular complexity index is 1250. The number of carbonyl (C=O) groups is 1. The third-order valence-electron chi connectivity index (χ3n) is 4.66. The van der Waals surface area contributed by atoms with Crippen molar-refractivity contribution in [2.24, 2.45) is 0 Å². The first-order valence-electron chi connectivity index (χ1n) is 9.82. The smallest absolute Gasteiger partial charge is 0.266 e. The average molecular weight is 423 g/mol. The van der Waals surface area contributed by atoms with Crippen LogP contribution in [0.25, 0.3) is 6.08 Å². The van der Waals surface area contributed by atoms with Crippen LogP contribution in [0.15, 0.2) is 72.3 Å². The average Bonchev–Trinajstić information content (AvgIpc) is 2.81. The van der Waals surface area contributed by atoms with Crippen molar-refractivity contribution in [3.63, 3.8) is 0 Å². The SMILES string of the molecule is COc1cc(/C=C(/C#N)C(=O)Nc2cccc(C)c2)ccc1OCc1ccccc1C#N. The van der Waals surface area contributed by atoms with Gasteiger partial charge in [-0.2, -0.15) is 10.5 Å². The molecule has 1 amide bonds. The van der Waals surface area contributed by atoms with Crippen LogP contribution >= 0.6 is 0 Å². The zero-order valence-corrected chi connectivity index (χ0v) is 17.8. The fourth-order valence-corrected chi connectivity index (χ4v) is 3.04. The number of rotatable bonds is 7. The Morgan fingerprint density at radius 1 is 1.03 bits per heavy atom. The van der Waals surface area contributed by atoms with E-state index in [-0.39, 0.29) is 12.2 Å². The van der Waals surface area contributed by atoms with Crippen LogP contribution in [0.5, 0.6) is 11.5 Å². The van der Waals surface area contributed by atoms with E-state index in [1.54, 1.807) is 36.4 Å². The first kappa shape index (κ1) is 22.1. The van der Waals surface area contributed by atoms with Gasteiger partial charge >= 0.3 is 0 Å². The molecule has 0 atom stereocenters. The number of ether oxygens (including phenoxy) is 2. The van der Waals surface area contributed by atoms with Crippen molar-refractivity contribution in [2.75, 3.05) is 12.4 Å². The minimum Gasteiger partial charge on any atom is -0.493 e. The summed E-state index contributed by atoms with van der Waals surface area (Å²) in [4.78, 5) is 12.5. The quantitative estimate of drug-likeness (QED) is 0.426. The highest BCUT2D eigenvalue weighted by Gasteiger charge is 2.12. The summed E-state index contributed by atoms with van der Waals surface area (Å²) in [5.41, 5.74) is 3.51. The van der Waals surface area contributed by atoms with Crippen molar-refractivity contribution in [3.05, 3.63) is 94.6 Å². The summed E-state index contributed by atoms with van der Waals surface area (Å²) in [7, 11) is 1.51. The second-order valence-corrected chi connectivity index (χ2v) is 6.96. The summed E-state index contributed by atoms with van der Waals surface area (Å²) in [5.74, 6) is 0.440. The van der Waals surface area contributed by atoms with Crippen molar-refractivity contribution < 1.29 is 14.3 Å². The lowest BCUT2D eigenvalue weighted by Crippen LogP contribution is -2.13. The number of benzene rings is 3. The summed E-state index contributed by atoms with van der Waals surface area (Å²) in [6.45, 7) is 2.13. The molecule has 158 valence electrons. The van der Waals surface area contributed by atoms with Crippen LogP contribution in [0.1, 0.15) is 22.3 Å². The number of anilines is 1. The van der Waals surface area contributed by atoms with Crippen molar-refractivity contribution in [3.8, 4) is 23.6 Å². The van der Waals surface area contributed by atoms with E-state index in [1.807, 2.05) is 43.3 Å². The van der Waals surface area contributed by atoms with E-state index in [4.69, 9.17) is 9.47 Å². The van der Waals surface area contributed by atoms with Gasteiger partial charge in [0.05, 0.1) is 18.7 Å². The number of carbonyl (C=O) groups excluding carboxylic acids is 1. The van der Waals surface area contributed by atoms with Crippen molar-refractivity contribution in [2.45, 2.75) is 13.5 Å². The monoisotopic (exact) mass is 423 g/mol. The Labute approximate surface area is 186 Å². The van der Waals surface area contributed by atoms with Gasteiger partial charge in [-0.3, -0.25) is 4.79 Å². The highest BCUT2D eigenvalue weighted by molar-refractivity contribution is 6.09. The maximum absolute atomic E-state index is 12.5. The van der Waals surface area contributed by atoms with E-state index >= 15 is 0 Å². The van der Waals surface area contributed by atoms with Crippen LogP contribution in [-0.4, -0.2) is 13.0 Å². The summed E-state index contributed by atoms with van der Waals surface area (Å²) in [5, 5.41) is 21.4. The molecule has 6 heteroatoms. The second-order valence-electron chi connectivity index (χ2n) is 6.96. The molecule has 3 rings (SSSR count). The van der Waals surface area contributed by atoms with Gasteiger partial charge in [0.25, 0.3) is 5.91 Å². The van der Waals surface area contributed by atoms with Crippen molar-refractivity contribution in [1.29, 1.82) is 10.5 Å². The zero-order chi connectivity index (χ0) is 22.9. The molecule has 0 aliphatic carbocycles. The van der Waals surface area contributed by atoms with Gasteiger partial charge in [0.2, 0.25) is 0 Å². The fourth-order valence-electron chi connectivity index (χ4n) is 3.04. The molecule has 0 fully saturated rings.